The van der Waals surface area contributed by atoms with Crippen LogP contribution in [0.5, 0.6) is 0 Å². The van der Waals surface area contributed by atoms with Gasteiger partial charge in [-0.25, -0.2) is 4.79 Å². The molecule has 1 N–H and O–H groups in total. The maximum atomic E-state index is 11.0. The minimum absolute atomic E-state index is 0.213. The predicted octanol–water partition coefficient (Wildman–Crippen LogP) is 2.51. The van der Waals surface area contributed by atoms with Crippen LogP contribution in [-0.4, -0.2) is 16.9 Å². The SMILES string of the molecule is C/C(=C\c1ccc(Br)cc1)C(=O)C(=O)O. The lowest BCUT2D eigenvalue weighted by molar-refractivity contribution is -0.147. The number of Topliss-reactive ketones (excluding diaryl/α,β-unsaturated/α-hetero) is 1. The molecule has 0 fully saturated rings. The zero-order valence-electron chi connectivity index (χ0n) is 8.03. The van der Waals surface area contributed by atoms with Crippen molar-refractivity contribution < 1.29 is 14.7 Å². The lowest BCUT2D eigenvalue weighted by atomic mass is 10.1. The quantitative estimate of drug-likeness (QED) is 0.677. The molecule has 0 bridgehead atoms. The Morgan fingerprint density at radius 3 is 2.27 bits per heavy atom. The summed E-state index contributed by atoms with van der Waals surface area (Å²) in [6.07, 6.45) is 1.54. The summed E-state index contributed by atoms with van der Waals surface area (Å²) >= 11 is 3.28. The van der Waals surface area contributed by atoms with E-state index in [1.165, 1.54) is 6.92 Å². The van der Waals surface area contributed by atoms with Gasteiger partial charge in [0.15, 0.2) is 0 Å². The topological polar surface area (TPSA) is 54.4 Å². The van der Waals surface area contributed by atoms with Crippen molar-refractivity contribution in [2.24, 2.45) is 0 Å². The zero-order chi connectivity index (χ0) is 11.4. The van der Waals surface area contributed by atoms with Crippen LogP contribution in [0.2, 0.25) is 0 Å². The average molecular weight is 269 g/mol. The van der Waals surface area contributed by atoms with E-state index in [2.05, 4.69) is 15.9 Å². The summed E-state index contributed by atoms with van der Waals surface area (Å²) in [5.74, 6) is -2.31. The number of carbonyl (C=O) groups excluding carboxylic acids is 1. The van der Waals surface area contributed by atoms with E-state index < -0.39 is 11.8 Å². The summed E-state index contributed by atoms with van der Waals surface area (Å²) in [6, 6.07) is 7.24. The molecule has 0 aliphatic rings. The monoisotopic (exact) mass is 268 g/mol. The van der Waals surface area contributed by atoms with Crippen molar-refractivity contribution in [3.05, 3.63) is 39.9 Å². The summed E-state index contributed by atoms with van der Waals surface area (Å²) in [7, 11) is 0. The van der Waals surface area contributed by atoms with Gasteiger partial charge in [-0.05, 0) is 30.7 Å². The van der Waals surface area contributed by atoms with Gasteiger partial charge in [-0.15, -0.1) is 0 Å². The Labute approximate surface area is 95.6 Å². The number of ketones is 1. The number of rotatable bonds is 3. The molecule has 0 amide bonds. The van der Waals surface area contributed by atoms with Gasteiger partial charge in [-0.1, -0.05) is 28.1 Å². The van der Waals surface area contributed by atoms with Crippen molar-refractivity contribution >= 4 is 33.8 Å². The molecule has 0 saturated carbocycles. The van der Waals surface area contributed by atoms with Gasteiger partial charge in [0, 0.05) is 10.0 Å². The van der Waals surface area contributed by atoms with Crippen LogP contribution in [0.3, 0.4) is 0 Å². The Kier molecular flexibility index (Phi) is 3.80. The molecule has 1 aromatic rings. The maximum Gasteiger partial charge on any atom is 0.376 e. The van der Waals surface area contributed by atoms with Gasteiger partial charge in [-0.2, -0.15) is 0 Å². The molecule has 0 spiro atoms. The van der Waals surface area contributed by atoms with Crippen molar-refractivity contribution in [2.75, 3.05) is 0 Å². The van der Waals surface area contributed by atoms with Gasteiger partial charge in [-0.3, -0.25) is 4.79 Å². The first-order valence-electron chi connectivity index (χ1n) is 4.22. The van der Waals surface area contributed by atoms with Crippen LogP contribution in [0, 0.1) is 0 Å². The molecule has 0 aliphatic carbocycles. The van der Waals surface area contributed by atoms with Crippen LogP contribution in [0.1, 0.15) is 12.5 Å². The molecule has 3 nitrogen and oxygen atoms in total. The van der Waals surface area contributed by atoms with E-state index in [4.69, 9.17) is 5.11 Å². The Morgan fingerprint density at radius 1 is 1.27 bits per heavy atom. The molecule has 1 aromatic carbocycles. The maximum absolute atomic E-state index is 11.0. The fraction of sp³-hybridized carbons (Fsp3) is 0.0909. The molecule has 1 rings (SSSR count). The number of benzene rings is 1. The Hall–Kier alpha value is -1.42. The highest BCUT2D eigenvalue weighted by atomic mass is 79.9. The summed E-state index contributed by atoms with van der Waals surface area (Å²) < 4.78 is 0.932. The van der Waals surface area contributed by atoms with E-state index in [0.717, 1.165) is 10.0 Å². The molecular weight excluding hydrogens is 260 g/mol. The molecule has 0 heterocycles. The number of carboxylic acids is 1. The first-order valence-corrected chi connectivity index (χ1v) is 5.01. The number of hydrogen-bond donors (Lipinski definition) is 1. The first kappa shape index (κ1) is 11.7. The van der Waals surface area contributed by atoms with Gasteiger partial charge in [0.1, 0.15) is 0 Å². The molecule has 0 aliphatic heterocycles. The van der Waals surface area contributed by atoms with E-state index >= 15 is 0 Å². The Balaban J connectivity index is 2.92. The molecule has 15 heavy (non-hydrogen) atoms. The largest absolute Gasteiger partial charge is 0.475 e. The predicted molar refractivity (Wildman–Crippen MR) is 60.4 cm³/mol. The molecular formula is C11H9BrO3. The molecule has 0 saturated heterocycles. The van der Waals surface area contributed by atoms with Gasteiger partial charge in [0.2, 0.25) is 0 Å². The van der Waals surface area contributed by atoms with Gasteiger partial charge in [0.05, 0.1) is 0 Å². The van der Waals surface area contributed by atoms with Crippen LogP contribution in [0.25, 0.3) is 6.08 Å². The van der Waals surface area contributed by atoms with E-state index in [1.54, 1.807) is 18.2 Å². The highest BCUT2D eigenvalue weighted by Gasteiger charge is 2.12. The van der Waals surface area contributed by atoms with E-state index in [-0.39, 0.29) is 5.57 Å². The molecule has 0 atom stereocenters. The van der Waals surface area contributed by atoms with Crippen molar-refractivity contribution in [3.8, 4) is 0 Å². The third-order valence-electron chi connectivity index (χ3n) is 1.81. The Morgan fingerprint density at radius 2 is 1.80 bits per heavy atom. The van der Waals surface area contributed by atoms with Crippen LogP contribution in [0.15, 0.2) is 34.3 Å². The first-order chi connectivity index (χ1) is 7.00. The molecule has 0 radical (unpaired) electrons. The fourth-order valence-corrected chi connectivity index (χ4v) is 1.31. The summed E-state index contributed by atoms with van der Waals surface area (Å²) in [5, 5.41) is 8.48. The number of carboxylic acid groups (broad SMARTS) is 1. The zero-order valence-corrected chi connectivity index (χ0v) is 9.61. The highest BCUT2D eigenvalue weighted by Crippen LogP contribution is 2.13. The molecule has 4 heteroatoms. The smallest absolute Gasteiger partial charge is 0.376 e. The minimum atomic E-state index is -1.43. The van der Waals surface area contributed by atoms with Crippen molar-refractivity contribution in [1.82, 2.24) is 0 Å². The summed E-state index contributed by atoms with van der Waals surface area (Å²) in [5.41, 5.74) is 1.01. The third kappa shape index (κ3) is 3.32. The van der Waals surface area contributed by atoms with Gasteiger partial charge in [0.25, 0.3) is 5.78 Å². The van der Waals surface area contributed by atoms with Crippen LogP contribution in [0.4, 0.5) is 0 Å². The second-order valence-corrected chi connectivity index (χ2v) is 3.93. The molecule has 0 unspecified atom stereocenters. The number of aliphatic carboxylic acids is 1. The minimum Gasteiger partial charge on any atom is -0.475 e. The number of hydrogen-bond acceptors (Lipinski definition) is 2. The Bertz CT molecular complexity index is 418. The van der Waals surface area contributed by atoms with Crippen LogP contribution in [-0.2, 0) is 9.59 Å². The van der Waals surface area contributed by atoms with E-state index in [9.17, 15) is 9.59 Å². The van der Waals surface area contributed by atoms with E-state index in [1.807, 2.05) is 12.1 Å². The number of carbonyl (C=O) groups is 2. The van der Waals surface area contributed by atoms with Crippen molar-refractivity contribution in [3.63, 3.8) is 0 Å². The van der Waals surface area contributed by atoms with Crippen LogP contribution < -0.4 is 0 Å². The summed E-state index contributed by atoms with van der Waals surface area (Å²) in [6.45, 7) is 1.48. The van der Waals surface area contributed by atoms with E-state index in [0.29, 0.717) is 0 Å². The third-order valence-corrected chi connectivity index (χ3v) is 2.33. The molecule has 78 valence electrons. The lowest BCUT2D eigenvalue weighted by Crippen LogP contribution is -2.13. The second-order valence-electron chi connectivity index (χ2n) is 3.01. The average Bonchev–Trinajstić information content (AvgIpc) is 2.20. The van der Waals surface area contributed by atoms with Crippen LogP contribution >= 0.6 is 15.9 Å². The number of halogens is 1. The second kappa shape index (κ2) is 4.89. The molecule has 0 aromatic heterocycles. The lowest BCUT2D eigenvalue weighted by Gasteiger charge is -1.97. The van der Waals surface area contributed by atoms with Gasteiger partial charge < -0.3 is 5.11 Å². The fourth-order valence-electron chi connectivity index (χ4n) is 1.04. The van der Waals surface area contributed by atoms with Gasteiger partial charge >= 0.3 is 5.97 Å². The highest BCUT2D eigenvalue weighted by molar-refractivity contribution is 9.10. The van der Waals surface area contributed by atoms with Crippen molar-refractivity contribution in [2.45, 2.75) is 6.92 Å². The summed E-state index contributed by atoms with van der Waals surface area (Å²) in [4.78, 5) is 21.4. The normalized spacial score (nSPS) is 11.2. The standard InChI is InChI=1S/C11H9BrO3/c1-7(10(13)11(14)15)6-8-2-4-9(12)5-3-8/h2-6H,1H3,(H,14,15)/b7-6+. The van der Waals surface area contributed by atoms with Crippen molar-refractivity contribution in [1.29, 1.82) is 0 Å².